The Morgan fingerprint density at radius 1 is 1.00 bits per heavy atom. The predicted molar refractivity (Wildman–Crippen MR) is 104 cm³/mol. The van der Waals surface area contributed by atoms with Gasteiger partial charge in [-0.3, -0.25) is 4.79 Å². The largest absolute Gasteiger partial charge is 0.508 e. The number of ether oxygens (including phenoxy) is 3. The van der Waals surface area contributed by atoms with Crippen molar-refractivity contribution >= 4 is 5.78 Å². The van der Waals surface area contributed by atoms with E-state index in [2.05, 4.69) is 0 Å². The van der Waals surface area contributed by atoms with Gasteiger partial charge in [0.25, 0.3) is 5.79 Å². The zero-order chi connectivity index (χ0) is 23.2. The van der Waals surface area contributed by atoms with Gasteiger partial charge >= 0.3 is 0 Å². The second-order valence-electron chi connectivity index (χ2n) is 7.69. The lowest BCUT2D eigenvalue weighted by Crippen LogP contribution is -2.60. The topological polar surface area (TPSA) is 186 Å². The van der Waals surface area contributed by atoms with Crippen molar-refractivity contribution in [3.8, 4) is 23.0 Å². The third-order valence-corrected chi connectivity index (χ3v) is 5.40. The molecule has 11 nitrogen and oxygen atoms in total. The summed E-state index contributed by atoms with van der Waals surface area (Å²) in [5.74, 6) is -4.05. The number of rotatable bonds is 5. The molecular weight excluding hydrogens is 428 g/mol. The first-order chi connectivity index (χ1) is 15.1. The van der Waals surface area contributed by atoms with Gasteiger partial charge in [0, 0.05) is 18.6 Å². The first-order valence-corrected chi connectivity index (χ1v) is 9.71. The van der Waals surface area contributed by atoms with Crippen LogP contribution in [0, 0.1) is 0 Å². The van der Waals surface area contributed by atoms with Crippen LogP contribution in [0.25, 0.3) is 0 Å². The van der Waals surface area contributed by atoms with Crippen LogP contribution in [-0.4, -0.2) is 84.6 Å². The number of phenols is 2. The van der Waals surface area contributed by atoms with Gasteiger partial charge in [-0.1, -0.05) is 12.1 Å². The maximum absolute atomic E-state index is 12.7. The van der Waals surface area contributed by atoms with Gasteiger partial charge in [-0.15, -0.1) is 0 Å². The van der Waals surface area contributed by atoms with Crippen LogP contribution in [0.1, 0.15) is 15.9 Å². The molecule has 2 heterocycles. The molecule has 0 amide bonds. The molecule has 0 aromatic heterocycles. The van der Waals surface area contributed by atoms with E-state index < -0.39 is 54.6 Å². The number of benzene rings is 2. The second kappa shape index (κ2) is 8.20. The van der Waals surface area contributed by atoms with E-state index in [0.717, 1.165) is 6.07 Å². The minimum Gasteiger partial charge on any atom is -0.508 e. The lowest BCUT2D eigenvalue weighted by Gasteiger charge is -2.39. The van der Waals surface area contributed by atoms with E-state index in [1.54, 1.807) is 0 Å². The molecule has 1 fully saturated rings. The third kappa shape index (κ3) is 3.86. The molecule has 172 valence electrons. The van der Waals surface area contributed by atoms with Crippen LogP contribution < -0.4 is 9.47 Å². The van der Waals surface area contributed by atoms with Crippen LogP contribution in [-0.2, 0) is 11.2 Å². The summed E-state index contributed by atoms with van der Waals surface area (Å²) < 4.78 is 16.1. The van der Waals surface area contributed by atoms with Crippen LogP contribution in [0.4, 0.5) is 0 Å². The number of aliphatic hydroxyl groups is 5. The lowest BCUT2D eigenvalue weighted by atomic mass is 9.98. The molecule has 0 saturated carbocycles. The summed E-state index contributed by atoms with van der Waals surface area (Å²) in [6, 6.07) is 7.99. The normalized spacial score (nSPS) is 31.8. The average Bonchev–Trinajstić information content (AvgIpc) is 3.00. The molecule has 0 aliphatic carbocycles. The van der Waals surface area contributed by atoms with Crippen LogP contribution in [0.3, 0.4) is 0 Å². The zero-order valence-electron chi connectivity index (χ0n) is 16.5. The summed E-state index contributed by atoms with van der Waals surface area (Å²) in [7, 11) is 0. The van der Waals surface area contributed by atoms with E-state index in [1.165, 1.54) is 30.3 Å². The molecule has 0 unspecified atom stereocenters. The highest BCUT2D eigenvalue weighted by atomic mass is 16.7. The van der Waals surface area contributed by atoms with Gasteiger partial charge in [0.2, 0.25) is 12.1 Å². The SMILES string of the molecule is O=C1c2c(O)cc(O[C@@H]3O[C@H](CO)[C@@H](O)[C@H](O)[C@H]3O)cc2O[C@@]1(O)Cc1ccc(O)cc1. The smallest absolute Gasteiger partial charge is 0.277 e. The molecule has 6 atom stereocenters. The van der Waals surface area contributed by atoms with E-state index in [-0.39, 0.29) is 29.2 Å². The molecular formula is C21H22O11. The highest BCUT2D eigenvalue weighted by Crippen LogP contribution is 2.43. The highest BCUT2D eigenvalue weighted by molar-refractivity contribution is 6.08. The Kier molecular flexibility index (Phi) is 5.71. The van der Waals surface area contributed by atoms with E-state index in [4.69, 9.17) is 14.2 Å². The number of hydrogen-bond donors (Lipinski definition) is 7. The molecule has 0 spiro atoms. The summed E-state index contributed by atoms with van der Waals surface area (Å²) >= 11 is 0. The van der Waals surface area contributed by atoms with Crippen molar-refractivity contribution in [2.75, 3.05) is 6.61 Å². The van der Waals surface area contributed by atoms with Gasteiger partial charge in [0.05, 0.1) is 6.61 Å². The fraction of sp³-hybridized carbons (Fsp3) is 0.381. The van der Waals surface area contributed by atoms with Crippen molar-refractivity contribution in [2.24, 2.45) is 0 Å². The van der Waals surface area contributed by atoms with Crippen molar-refractivity contribution in [1.29, 1.82) is 0 Å². The fourth-order valence-corrected chi connectivity index (χ4v) is 3.68. The zero-order valence-corrected chi connectivity index (χ0v) is 16.5. The maximum atomic E-state index is 12.7. The quantitative estimate of drug-likeness (QED) is 0.289. The summed E-state index contributed by atoms with van der Waals surface area (Å²) in [6.07, 6.45) is -7.90. The Bertz CT molecular complexity index is 1010. The van der Waals surface area contributed by atoms with E-state index in [0.29, 0.717) is 5.56 Å². The summed E-state index contributed by atoms with van der Waals surface area (Å²) in [5, 5.41) is 69.6. The van der Waals surface area contributed by atoms with Crippen LogP contribution in [0.2, 0.25) is 0 Å². The fourth-order valence-electron chi connectivity index (χ4n) is 3.68. The Morgan fingerprint density at radius 3 is 2.34 bits per heavy atom. The number of carbonyl (C=O) groups is 1. The molecule has 32 heavy (non-hydrogen) atoms. The monoisotopic (exact) mass is 450 g/mol. The molecule has 2 aliphatic rings. The summed E-state index contributed by atoms with van der Waals surface area (Å²) in [5.41, 5.74) is 0.219. The Morgan fingerprint density at radius 2 is 1.69 bits per heavy atom. The second-order valence-corrected chi connectivity index (χ2v) is 7.69. The number of aliphatic hydroxyl groups excluding tert-OH is 4. The first-order valence-electron chi connectivity index (χ1n) is 9.71. The van der Waals surface area contributed by atoms with Gasteiger partial charge < -0.3 is 50.0 Å². The van der Waals surface area contributed by atoms with Crippen molar-refractivity contribution in [3.63, 3.8) is 0 Å². The predicted octanol–water partition coefficient (Wildman–Crippen LogP) is -1.22. The van der Waals surface area contributed by atoms with E-state index in [9.17, 15) is 40.5 Å². The number of hydrogen-bond acceptors (Lipinski definition) is 11. The molecule has 2 aromatic rings. The summed E-state index contributed by atoms with van der Waals surface area (Å²) in [6.45, 7) is -0.651. The van der Waals surface area contributed by atoms with E-state index in [1.807, 2.05) is 0 Å². The van der Waals surface area contributed by atoms with Crippen molar-refractivity contribution in [2.45, 2.75) is 42.9 Å². The Labute approximate surface area is 181 Å². The number of ketones is 1. The van der Waals surface area contributed by atoms with Crippen LogP contribution in [0.15, 0.2) is 36.4 Å². The molecule has 4 rings (SSSR count). The highest BCUT2D eigenvalue weighted by Gasteiger charge is 2.49. The Balaban J connectivity index is 1.56. The molecule has 1 saturated heterocycles. The van der Waals surface area contributed by atoms with E-state index >= 15 is 0 Å². The van der Waals surface area contributed by atoms with Gasteiger partial charge in [0.15, 0.2) is 0 Å². The standard InChI is InChI=1S/C21H22O11/c22-8-14-16(25)17(26)18(27)20(31-14)30-11-5-12(24)15-13(6-11)32-21(29,19(15)28)7-9-1-3-10(23)4-2-9/h1-6,14,16-18,20,22-27,29H,7-8H2/t14-,16-,17+,18-,20-,21+/m1/s1. The number of phenolic OH excluding ortho intramolecular Hbond substituents is 2. The number of carbonyl (C=O) groups excluding carboxylic acids is 1. The maximum Gasteiger partial charge on any atom is 0.277 e. The summed E-state index contributed by atoms with van der Waals surface area (Å²) in [4.78, 5) is 12.7. The molecule has 0 radical (unpaired) electrons. The molecule has 7 N–H and O–H groups in total. The van der Waals surface area contributed by atoms with Crippen LogP contribution in [0.5, 0.6) is 23.0 Å². The number of Topliss-reactive ketones (excluding diaryl/α,β-unsaturated/α-hetero) is 1. The Hall–Kier alpha value is -2.93. The number of fused-ring (bicyclic) bond motifs is 1. The van der Waals surface area contributed by atoms with Crippen molar-refractivity contribution in [3.05, 3.63) is 47.5 Å². The van der Waals surface area contributed by atoms with Gasteiger partial charge in [-0.05, 0) is 17.7 Å². The molecule has 2 aliphatic heterocycles. The van der Waals surface area contributed by atoms with Crippen molar-refractivity contribution < 1.29 is 54.8 Å². The van der Waals surface area contributed by atoms with Gasteiger partial charge in [0.1, 0.15) is 53.0 Å². The molecule has 2 aromatic carbocycles. The van der Waals surface area contributed by atoms with Crippen LogP contribution >= 0.6 is 0 Å². The first kappa shape index (κ1) is 22.3. The number of aromatic hydroxyl groups is 2. The third-order valence-electron chi connectivity index (χ3n) is 5.40. The average molecular weight is 450 g/mol. The van der Waals surface area contributed by atoms with Crippen molar-refractivity contribution in [1.82, 2.24) is 0 Å². The van der Waals surface area contributed by atoms with Gasteiger partial charge in [-0.2, -0.15) is 0 Å². The van der Waals surface area contributed by atoms with Gasteiger partial charge in [-0.25, -0.2) is 0 Å². The molecule has 11 heteroatoms. The lowest BCUT2D eigenvalue weighted by molar-refractivity contribution is -0.277. The molecule has 0 bridgehead atoms. The minimum atomic E-state index is -2.31. The minimum absolute atomic E-state index is 0.00956.